The largest absolute Gasteiger partial charge is 0.411 e. The van der Waals surface area contributed by atoms with Crippen LogP contribution in [0.25, 0.3) is 0 Å². The van der Waals surface area contributed by atoms with Crippen molar-refractivity contribution in [3.05, 3.63) is 0 Å². The Hall–Kier alpha value is -0.620. The number of halogens is 3. The van der Waals surface area contributed by atoms with E-state index in [1.54, 1.807) is 0 Å². The first kappa shape index (κ1) is 14.4. The number of hydrogen-bond donors (Lipinski definition) is 0. The minimum atomic E-state index is -4.26. The van der Waals surface area contributed by atoms with E-state index in [-0.39, 0.29) is 18.3 Å². The zero-order valence-electron chi connectivity index (χ0n) is 9.92. The third-order valence-corrected chi connectivity index (χ3v) is 2.92. The predicted molar refractivity (Wildman–Crippen MR) is 56.7 cm³/mol. The minimum absolute atomic E-state index is 0.0337. The van der Waals surface area contributed by atoms with Crippen molar-refractivity contribution in [1.29, 1.82) is 0 Å². The van der Waals surface area contributed by atoms with Gasteiger partial charge in [0.25, 0.3) is 0 Å². The maximum absolute atomic E-state index is 11.8. The summed E-state index contributed by atoms with van der Waals surface area (Å²) in [7, 11) is 0. The van der Waals surface area contributed by atoms with Crippen LogP contribution in [0.5, 0.6) is 0 Å². The van der Waals surface area contributed by atoms with Gasteiger partial charge in [-0.3, -0.25) is 9.69 Å². The Morgan fingerprint density at radius 2 is 2.18 bits per heavy atom. The minimum Gasteiger partial charge on any atom is -0.371 e. The van der Waals surface area contributed by atoms with Crippen LogP contribution in [0.3, 0.4) is 0 Å². The molecular weight excluding hydrogens is 235 g/mol. The third-order valence-electron chi connectivity index (χ3n) is 2.92. The van der Waals surface area contributed by atoms with Gasteiger partial charge < -0.3 is 4.74 Å². The first-order valence-electron chi connectivity index (χ1n) is 5.82. The molecule has 1 heterocycles. The third kappa shape index (κ3) is 5.50. The fraction of sp³-hybridized carbons (Fsp3) is 0.909. The molecule has 17 heavy (non-hydrogen) atoms. The average Bonchev–Trinajstić information content (AvgIpc) is 2.25. The van der Waals surface area contributed by atoms with Gasteiger partial charge in [0.1, 0.15) is 12.4 Å². The highest BCUT2D eigenvalue weighted by atomic mass is 19.4. The maximum atomic E-state index is 11.8. The molecule has 0 saturated carbocycles. The molecule has 0 aromatic carbocycles. The Morgan fingerprint density at radius 3 is 2.76 bits per heavy atom. The van der Waals surface area contributed by atoms with E-state index in [0.717, 1.165) is 6.42 Å². The van der Waals surface area contributed by atoms with Crippen molar-refractivity contribution >= 4 is 5.78 Å². The smallest absolute Gasteiger partial charge is 0.371 e. The molecule has 1 rings (SSSR count). The van der Waals surface area contributed by atoms with Gasteiger partial charge in [0.2, 0.25) is 0 Å². The van der Waals surface area contributed by atoms with Crippen LogP contribution in [0, 0.1) is 5.92 Å². The van der Waals surface area contributed by atoms with Crippen LogP contribution in [-0.2, 0) is 9.53 Å². The van der Waals surface area contributed by atoms with Crippen molar-refractivity contribution in [3.8, 4) is 0 Å². The summed E-state index contributed by atoms with van der Waals surface area (Å²) >= 11 is 0. The fourth-order valence-corrected chi connectivity index (χ4v) is 1.92. The first-order chi connectivity index (χ1) is 7.92. The summed E-state index contributed by atoms with van der Waals surface area (Å²) < 4.78 is 40.0. The summed E-state index contributed by atoms with van der Waals surface area (Å²) in [5.41, 5.74) is 0. The molecule has 1 unspecified atom stereocenters. The number of Topliss-reactive ketones (excluding diaryl/α,β-unsaturated/α-hetero) is 1. The second-order valence-electron chi connectivity index (χ2n) is 4.29. The monoisotopic (exact) mass is 253 g/mol. The molecule has 0 N–H and O–H groups in total. The lowest BCUT2D eigenvalue weighted by Crippen LogP contribution is -2.42. The van der Waals surface area contributed by atoms with Crippen LogP contribution < -0.4 is 0 Å². The Balaban J connectivity index is 2.18. The molecule has 3 nitrogen and oxygen atoms in total. The van der Waals surface area contributed by atoms with Gasteiger partial charge in [-0.15, -0.1) is 0 Å². The van der Waals surface area contributed by atoms with Crippen molar-refractivity contribution in [2.45, 2.75) is 25.9 Å². The molecule has 1 atom stereocenters. The SMILES string of the molecule is CCC1CN(CCOCC(F)(F)F)CCC1=O. The Bertz CT molecular complexity index is 256. The second-order valence-corrected chi connectivity index (χ2v) is 4.29. The normalized spacial score (nSPS) is 23.1. The molecule has 1 aliphatic rings. The molecule has 0 aromatic heterocycles. The van der Waals surface area contributed by atoms with Gasteiger partial charge in [0, 0.05) is 32.0 Å². The van der Waals surface area contributed by atoms with E-state index in [0.29, 0.717) is 26.1 Å². The summed E-state index contributed by atoms with van der Waals surface area (Å²) in [5, 5.41) is 0. The highest BCUT2D eigenvalue weighted by Crippen LogP contribution is 2.16. The summed E-state index contributed by atoms with van der Waals surface area (Å²) in [4.78, 5) is 13.4. The average molecular weight is 253 g/mol. The van der Waals surface area contributed by atoms with Gasteiger partial charge in [0.05, 0.1) is 6.61 Å². The molecule has 1 aliphatic heterocycles. The van der Waals surface area contributed by atoms with E-state index in [9.17, 15) is 18.0 Å². The van der Waals surface area contributed by atoms with Gasteiger partial charge in [-0.2, -0.15) is 13.2 Å². The lowest BCUT2D eigenvalue weighted by molar-refractivity contribution is -0.174. The van der Waals surface area contributed by atoms with E-state index >= 15 is 0 Å². The molecule has 1 saturated heterocycles. The van der Waals surface area contributed by atoms with Crippen LogP contribution in [0.2, 0.25) is 0 Å². The molecule has 0 bridgehead atoms. The molecule has 0 amide bonds. The quantitative estimate of drug-likeness (QED) is 0.700. The molecule has 0 radical (unpaired) electrons. The van der Waals surface area contributed by atoms with Crippen LogP contribution >= 0.6 is 0 Å². The Labute approximate surface area is 98.9 Å². The molecule has 100 valence electrons. The highest BCUT2D eigenvalue weighted by molar-refractivity contribution is 5.82. The number of alkyl halides is 3. The number of likely N-dealkylation sites (tertiary alicyclic amines) is 1. The van der Waals surface area contributed by atoms with E-state index in [1.807, 2.05) is 11.8 Å². The maximum Gasteiger partial charge on any atom is 0.411 e. The molecule has 0 aliphatic carbocycles. The van der Waals surface area contributed by atoms with Crippen LogP contribution in [0.4, 0.5) is 13.2 Å². The van der Waals surface area contributed by atoms with Gasteiger partial charge in [0.15, 0.2) is 0 Å². The highest BCUT2D eigenvalue weighted by Gasteiger charge is 2.28. The standard InChI is InChI=1S/C11H18F3NO2/c1-2-9-7-15(4-3-10(9)16)5-6-17-8-11(12,13)14/h9H,2-8H2,1H3. The molecule has 0 aromatic rings. The van der Waals surface area contributed by atoms with Crippen molar-refractivity contribution < 1.29 is 22.7 Å². The number of carbonyl (C=O) groups excluding carboxylic acids is 1. The summed E-state index contributed by atoms with van der Waals surface area (Å²) in [5.74, 6) is 0.298. The zero-order chi connectivity index (χ0) is 12.9. The zero-order valence-corrected chi connectivity index (χ0v) is 9.92. The van der Waals surface area contributed by atoms with Gasteiger partial charge in [-0.1, -0.05) is 6.92 Å². The summed E-state index contributed by atoms with van der Waals surface area (Å²) in [6.45, 7) is 2.54. The van der Waals surface area contributed by atoms with Crippen LogP contribution in [-0.4, -0.2) is 49.7 Å². The molecular formula is C11H18F3NO2. The predicted octanol–water partition coefficient (Wildman–Crippen LogP) is 1.87. The van der Waals surface area contributed by atoms with E-state index < -0.39 is 12.8 Å². The van der Waals surface area contributed by atoms with E-state index in [4.69, 9.17) is 0 Å². The van der Waals surface area contributed by atoms with Gasteiger partial charge in [-0.25, -0.2) is 0 Å². The lowest BCUT2D eigenvalue weighted by Gasteiger charge is -2.31. The van der Waals surface area contributed by atoms with Crippen molar-refractivity contribution in [2.24, 2.45) is 5.92 Å². The lowest BCUT2D eigenvalue weighted by atomic mass is 9.94. The van der Waals surface area contributed by atoms with Crippen LogP contribution in [0.1, 0.15) is 19.8 Å². The van der Waals surface area contributed by atoms with Crippen molar-refractivity contribution in [2.75, 3.05) is 32.8 Å². The number of nitrogens with zero attached hydrogens (tertiary/aromatic N) is 1. The number of rotatable bonds is 5. The number of carbonyl (C=O) groups is 1. The van der Waals surface area contributed by atoms with Gasteiger partial charge >= 0.3 is 6.18 Å². The van der Waals surface area contributed by atoms with Crippen LogP contribution in [0.15, 0.2) is 0 Å². The fourth-order valence-electron chi connectivity index (χ4n) is 1.92. The summed E-state index contributed by atoms with van der Waals surface area (Å²) in [6.07, 6.45) is -2.97. The first-order valence-corrected chi connectivity index (χ1v) is 5.82. The number of ketones is 1. The Kier molecular flexibility index (Phi) is 5.39. The number of ether oxygens (including phenoxy) is 1. The van der Waals surface area contributed by atoms with Gasteiger partial charge in [-0.05, 0) is 6.42 Å². The van der Waals surface area contributed by atoms with Crippen molar-refractivity contribution in [1.82, 2.24) is 4.90 Å². The molecule has 6 heteroatoms. The number of hydrogen-bond acceptors (Lipinski definition) is 3. The second kappa shape index (κ2) is 6.35. The topological polar surface area (TPSA) is 29.5 Å². The molecule has 1 fully saturated rings. The van der Waals surface area contributed by atoms with E-state index in [1.165, 1.54) is 0 Å². The Morgan fingerprint density at radius 1 is 1.47 bits per heavy atom. The summed E-state index contributed by atoms with van der Waals surface area (Å²) in [6, 6.07) is 0. The van der Waals surface area contributed by atoms with Crippen molar-refractivity contribution in [3.63, 3.8) is 0 Å². The van der Waals surface area contributed by atoms with E-state index in [2.05, 4.69) is 4.74 Å². The number of piperidine rings is 1. The molecule has 0 spiro atoms.